The van der Waals surface area contributed by atoms with Gasteiger partial charge in [0.25, 0.3) is 0 Å². The molecule has 4 rings (SSSR count). The zero-order valence-corrected chi connectivity index (χ0v) is 17.6. The second kappa shape index (κ2) is 9.69. The molecule has 0 radical (unpaired) electrons. The first kappa shape index (κ1) is 20.3. The van der Waals surface area contributed by atoms with E-state index < -0.39 is 0 Å². The molecule has 2 saturated heterocycles. The van der Waals surface area contributed by atoms with Gasteiger partial charge in [-0.1, -0.05) is 6.92 Å². The number of aryl methyl sites for hydroxylation is 1. The Morgan fingerprint density at radius 3 is 2.55 bits per heavy atom. The monoisotopic (exact) mass is 400 g/mol. The number of piperidine rings is 1. The van der Waals surface area contributed by atoms with Crippen molar-refractivity contribution in [2.24, 2.45) is 0 Å². The summed E-state index contributed by atoms with van der Waals surface area (Å²) in [5.74, 6) is 4.41. The van der Waals surface area contributed by atoms with Gasteiger partial charge in [0.2, 0.25) is 0 Å². The molecule has 7 nitrogen and oxygen atoms in total. The molecule has 0 spiro atoms. The number of morpholine rings is 1. The number of methoxy groups -OCH3 is 1. The van der Waals surface area contributed by atoms with Crippen LogP contribution in [0.25, 0.3) is 0 Å². The average Bonchev–Trinajstić information content (AvgIpc) is 3.21. The van der Waals surface area contributed by atoms with E-state index in [-0.39, 0.29) is 0 Å². The van der Waals surface area contributed by atoms with Crippen molar-refractivity contribution < 1.29 is 13.9 Å². The van der Waals surface area contributed by atoms with Crippen LogP contribution in [0.3, 0.4) is 0 Å². The Hall–Kier alpha value is -1.96. The number of ether oxygens (including phenoxy) is 2. The van der Waals surface area contributed by atoms with E-state index >= 15 is 0 Å². The zero-order valence-electron chi connectivity index (χ0n) is 17.6. The highest BCUT2D eigenvalue weighted by atomic mass is 16.5. The minimum absolute atomic E-state index is 0.429. The highest BCUT2D eigenvalue weighted by Gasteiger charge is 2.25. The van der Waals surface area contributed by atoms with E-state index in [1.165, 1.54) is 0 Å². The Bertz CT molecular complexity index is 780. The molecule has 0 unspecified atom stereocenters. The zero-order chi connectivity index (χ0) is 20.1. The van der Waals surface area contributed by atoms with Gasteiger partial charge in [0.05, 0.1) is 19.8 Å². The minimum Gasteiger partial charge on any atom is -0.462 e. The summed E-state index contributed by atoms with van der Waals surface area (Å²) >= 11 is 0. The summed E-state index contributed by atoms with van der Waals surface area (Å²) in [7, 11) is 1.69. The van der Waals surface area contributed by atoms with Gasteiger partial charge in [0.15, 0.2) is 0 Å². The van der Waals surface area contributed by atoms with Crippen LogP contribution in [0.15, 0.2) is 22.6 Å². The van der Waals surface area contributed by atoms with Crippen molar-refractivity contribution in [2.45, 2.75) is 45.3 Å². The summed E-state index contributed by atoms with van der Waals surface area (Å²) in [4.78, 5) is 14.6. The highest BCUT2D eigenvalue weighted by molar-refractivity contribution is 5.40. The Morgan fingerprint density at radius 1 is 1.07 bits per heavy atom. The third-order valence-electron chi connectivity index (χ3n) is 5.82. The summed E-state index contributed by atoms with van der Waals surface area (Å²) in [6, 6.07) is 6.21. The van der Waals surface area contributed by atoms with Gasteiger partial charge in [-0.25, -0.2) is 9.97 Å². The van der Waals surface area contributed by atoms with Crippen LogP contribution in [0.4, 0.5) is 5.82 Å². The van der Waals surface area contributed by atoms with Gasteiger partial charge in [-0.05, 0) is 44.5 Å². The van der Waals surface area contributed by atoms with Crippen molar-refractivity contribution in [3.63, 3.8) is 0 Å². The first-order valence-electron chi connectivity index (χ1n) is 10.7. The Morgan fingerprint density at radius 2 is 1.83 bits per heavy atom. The quantitative estimate of drug-likeness (QED) is 0.708. The number of nitrogens with zero attached hydrogens (tertiary/aromatic N) is 4. The maximum Gasteiger partial charge on any atom is 0.134 e. The fraction of sp³-hybridized carbons (Fsp3) is 0.636. The van der Waals surface area contributed by atoms with Gasteiger partial charge in [0, 0.05) is 37.9 Å². The molecule has 0 N–H and O–H groups in total. The Kier molecular flexibility index (Phi) is 6.79. The number of furan rings is 1. The van der Waals surface area contributed by atoms with Crippen LogP contribution in [0.5, 0.6) is 0 Å². The molecule has 0 atom stereocenters. The molecule has 158 valence electrons. The van der Waals surface area contributed by atoms with Crippen molar-refractivity contribution in [3.8, 4) is 0 Å². The lowest BCUT2D eigenvalue weighted by atomic mass is 9.95. The van der Waals surface area contributed by atoms with Crippen LogP contribution in [-0.4, -0.2) is 61.4 Å². The molecular weight excluding hydrogens is 368 g/mol. The van der Waals surface area contributed by atoms with Crippen LogP contribution in [-0.2, 0) is 29.0 Å². The van der Waals surface area contributed by atoms with E-state index in [0.717, 1.165) is 94.1 Å². The third-order valence-corrected chi connectivity index (χ3v) is 5.82. The van der Waals surface area contributed by atoms with Gasteiger partial charge < -0.3 is 18.8 Å². The van der Waals surface area contributed by atoms with Crippen molar-refractivity contribution >= 4 is 5.82 Å². The summed E-state index contributed by atoms with van der Waals surface area (Å²) in [6.07, 6.45) is 3.11. The van der Waals surface area contributed by atoms with Gasteiger partial charge in [-0.3, -0.25) is 4.90 Å². The van der Waals surface area contributed by atoms with E-state index in [4.69, 9.17) is 23.9 Å². The number of rotatable bonds is 7. The molecule has 0 saturated carbocycles. The van der Waals surface area contributed by atoms with Gasteiger partial charge >= 0.3 is 0 Å². The maximum atomic E-state index is 5.84. The first-order chi connectivity index (χ1) is 14.2. The number of likely N-dealkylation sites (tertiary alicyclic amines) is 1. The third kappa shape index (κ3) is 5.15. The molecular formula is C22H32N4O3. The molecule has 7 heteroatoms. The van der Waals surface area contributed by atoms with Crippen LogP contribution >= 0.6 is 0 Å². The lowest BCUT2D eigenvalue weighted by Gasteiger charge is -2.32. The summed E-state index contributed by atoms with van der Waals surface area (Å²) in [6.45, 7) is 8.99. The fourth-order valence-electron chi connectivity index (χ4n) is 4.12. The first-order valence-corrected chi connectivity index (χ1v) is 10.7. The van der Waals surface area contributed by atoms with E-state index in [9.17, 15) is 0 Å². The van der Waals surface area contributed by atoms with Crippen molar-refractivity contribution in [2.75, 3.05) is 51.4 Å². The number of hydrogen-bond donors (Lipinski definition) is 0. The second-order valence-electron chi connectivity index (χ2n) is 7.88. The van der Waals surface area contributed by atoms with Crippen LogP contribution in [0, 0.1) is 0 Å². The predicted octanol–water partition coefficient (Wildman–Crippen LogP) is 2.99. The second-order valence-corrected chi connectivity index (χ2v) is 7.88. The average molecular weight is 401 g/mol. The van der Waals surface area contributed by atoms with Crippen molar-refractivity contribution in [1.29, 1.82) is 0 Å². The molecule has 2 fully saturated rings. The lowest BCUT2D eigenvalue weighted by molar-refractivity contribution is 0.122. The van der Waals surface area contributed by atoms with Crippen LogP contribution < -0.4 is 4.90 Å². The highest BCUT2D eigenvalue weighted by Crippen LogP contribution is 2.28. The largest absolute Gasteiger partial charge is 0.462 e. The van der Waals surface area contributed by atoms with Crippen LogP contribution in [0.1, 0.15) is 48.7 Å². The van der Waals surface area contributed by atoms with Gasteiger partial charge in [-0.2, -0.15) is 0 Å². The SMILES string of the molecule is CCc1cc(N2CCOCC2)nc(C2CCN(Cc3ccc(COC)o3)CC2)n1. The molecule has 2 aliphatic heterocycles. The van der Waals surface area contributed by atoms with Gasteiger partial charge in [-0.15, -0.1) is 0 Å². The fourth-order valence-corrected chi connectivity index (χ4v) is 4.12. The molecule has 2 aromatic rings. The molecule has 0 aromatic carbocycles. The van der Waals surface area contributed by atoms with Crippen LogP contribution in [0.2, 0.25) is 0 Å². The predicted molar refractivity (Wildman–Crippen MR) is 111 cm³/mol. The van der Waals surface area contributed by atoms with E-state index in [1.54, 1.807) is 7.11 Å². The van der Waals surface area contributed by atoms with Crippen molar-refractivity contribution in [1.82, 2.24) is 14.9 Å². The molecule has 2 aromatic heterocycles. The standard InChI is InChI=1S/C22H32N4O3/c1-3-18-14-21(26-10-12-28-13-11-26)24-22(23-18)17-6-8-25(9-7-17)15-19-4-5-20(29-19)16-27-2/h4-5,14,17H,3,6-13,15-16H2,1-2H3. The number of aromatic nitrogens is 2. The topological polar surface area (TPSA) is 63.9 Å². The molecule has 0 amide bonds. The summed E-state index contributed by atoms with van der Waals surface area (Å²) in [5, 5.41) is 0. The Labute approximate surface area is 173 Å². The normalized spacial score (nSPS) is 19.0. The Balaban J connectivity index is 1.38. The molecule has 0 aliphatic carbocycles. The van der Waals surface area contributed by atoms with E-state index in [1.807, 2.05) is 6.07 Å². The number of anilines is 1. The smallest absolute Gasteiger partial charge is 0.134 e. The molecule has 4 heterocycles. The number of hydrogen-bond acceptors (Lipinski definition) is 7. The summed E-state index contributed by atoms with van der Waals surface area (Å²) in [5.41, 5.74) is 1.14. The maximum absolute atomic E-state index is 5.84. The van der Waals surface area contributed by atoms with Gasteiger partial charge in [0.1, 0.15) is 29.8 Å². The van der Waals surface area contributed by atoms with Crippen molar-refractivity contribution in [3.05, 3.63) is 41.2 Å². The molecule has 29 heavy (non-hydrogen) atoms. The molecule has 0 bridgehead atoms. The van der Waals surface area contributed by atoms with E-state index in [0.29, 0.717) is 12.5 Å². The van der Waals surface area contributed by atoms with E-state index in [2.05, 4.69) is 28.9 Å². The minimum atomic E-state index is 0.429. The molecule has 2 aliphatic rings. The summed E-state index contributed by atoms with van der Waals surface area (Å²) < 4.78 is 16.5. The lowest BCUT2D eigenvalue weighted by Crippen LogP contribution is -2.37.